The second-order valence-corrected chi connectivity index (χ2v) is 6.57. The molecular formula is C12H18ClFN2O2S. The molecule has 1 heterocycles. The molecule has 2 rings (SSSR count). The number of piperazine rings is 1. The number of nitrogens with one attached hydrogen (secondary N) is 1. The van der Waals surface area contributed by atoms with Crippen molar-refractivity contribution in [3.05, 3.63) is 35.6 Å². The third-order valence-corrected chi connectivity index (χ3v) is 4.78. The van der Waals surface area contributed by atoms with Gasteiger partial charge in [0.25, 0.3) is 0 Å². The van der Waals surface area contributed by atoms with Crippen LogP contribution in [-0.4, -0.2) is 38.4 Å². The van der Waals surface area contributed by atoms with E-state index in [9.17, 15) is 12.8 Å². The van der Waals surface area contributed by atoms with Gasteiger partial charge in [-0.1, -0.05) is 12.1 Å². The summed E-state index contributed by atoms with van der Waals surface area (Å²) in [5.41, 5.74) is 0.487. The first-order valence-corrected chi connectivity index (χ1v) is 7.54. The molecule has 1 saturated heterocycles. The van der Waals surface area contributed by atoms with Gasteiger partial charge in [0.15, 0.2) is 0 Å². The Hall–Kier alpha value is -0.690. The largest absolute Gasteiger partial charge is 0.312 e. The molecule has 0 amide bonds. The number of halogens is 2. The summed E-state index contributed by atoms with van der Waals surface area (Å²) in [7, 11) is -3.36. The summed E-state index contributed by atoms with van der Waals surface area (Å²) >= 11 is 0. The van der Waals surface area contributed by atoms with Crippen molar-refractivity contribution in [2.24, 2.45) is 0 Å². The lowest BCUT2D eigenvalue weighted by molar-refractivity contribution is 0.310. The molecule has 7 heteroatoms. The van der Waals surface area contributed by atoms with Crippen molar-refractivity contribution in [2.45, 2.75) is 18.7 Å². The van der Waals surface area contributed by atoms with Gasteiger partial charge in [-0.3, -0.25) is 0 Å². The Labute approximate surface area is 119 Å². The lowest BCUT2D eigenvalue weighted by atomic mass is 10.2. The SMILES string of the molecule is CC1CN(S(=O)(=O)Cc2cccc(F)c2)CCN1.Cl. The fourth-order valence-electron chi connectivity index (χ4n) is 2.08. The van der Waals surface area contributed by atoms with E-state index in [4.69, 9.17) is 0 Å². The zero-order chi connectivity index (χ0) is 13.2. The predicted molar refractivity (Wildman–Crippen MR) is 75.3 cm³/mol. The Morgan fingerprint density at radius 3 is 2.84 bits per heavy atom. The van der Waals surface area contributed by atoms with Gasteiger partial charge in [-0.25, -0.2) is 12.8 Å². The van der Waals surface area contributed by atoms with Gasteiger partial charge in [0.05, 0.1) is 5.75 Å². The summed E-state index contributed by atoms with van der Waals surface area (Å²) in [6.45, 7) is 3.55. The quantitative estimate of drug-likeness (QED) is 0.917. The van der Waals surface area contributed by atoms with E-state index in [1.165, 1.54) is 22.5 Å². The molecule has 1 atom stereocenters. The van der Waals surface area contributed by atoms with Crippen LogP contribution in [0.5, 0.6) is 0 Å². The van der Waals surface area contributed by atoms with Gasteiger partial charge in [-0.2, -0.15) is 4.31 Å². The third kappa shape index (κ3) is 4.42. The highest BCUT2D eigenvalue weighted by atomic mass is 35.5. The van der Waals surface area contributed by atoms with E-state index in [1.54, 1.807) is 6.07 Å². The van der Waals surface area contributed by atoms with Crippen LogP contribution >= 0.6 is 12.4 Å². The molecule has 0 aromatic heterocycles. The lowest BCUT2D eigenvalue weighted by Crippen LogP contribution is -2.51. The summed E-state index contributed by atoms with van der Waals surface area (Å²) in [5.74, 6) is -0.548. The van der Waals surface area contributed by atoms with Crippen molar-refractivity contribution < 1.29 is 12.8 Å². The van der Waals surface area contributed by atoms with Crippen LogP contribution in [-0.2, 0) is 15.8 Å². The molecule has 0 aliphatic carbocycles. The van der Waals surface area contributed by atoms with Crippen molar-refractivity contribution >= 4 is 22.4 Å². The molecule has 1 aromatic rings. The van der Waals surface area contributed by atoms with Crippen molar-refractivity contribution in [2.75, 3.05) is 19.6 Å². The van der Waals surface area contributed by atoms with Crippen LogP contribution in [0.15, 0.2) is 24.3 Å². The summed E-state index contributed by atoms with van der Waals surface area (Å²) in [6, 6.07) is 5.89. The molecule has 0 bridgehead atoms. The maximum Gasteiger partial charge on any atom is 0.218 e. The molecule has 1 unspecified atom stereocenters. The molecule has 4 nitrogen and oxygen atoms in total. The first kappa shape index (κ1) is 16.4. The molecule has 1 N–H and O–H groups in total. The molecule has 1 aliphatic heterocycles. The van der Waals surface area contributed by atoms with E-state index in [2.05, 4.69) is 5.32 Å². The Morgan fingerprint density at radius 2 is 2.21 bits per heavy atom. The van der Waals surface area contributed by atoms with Gasteiger partial charge in [0.1, 0.15) is 5.82 Å². The number of hydrogen-bond acceptors (Lipinski definition) is 3. The highest BCUT2D eigenvalue weighted by Gasteiger charge is 2.26. The summed E-state index contributed by atoms with van der Waals surface area (Å²) in [4.78, 5) is 0. The van der Waals surface area contributed by atoms with Crippen LogP contribution in [0.4, 0.5) is 4.39 Å². The van der Waals surface area contributed by atoms with Crippen LogP contribution in [0.3, 0.4) is 0 Å². The predicted octanol–water partition coefficient (Wildman–Crippen LogP) is 1.37. The Morgan fingerprint density at radius 1 is 1.47 bits per heavy atom. The summed E-state index contributed by atoms with van der Waals surface area (Å²) in [5, 5.41) is 3.19. The van der Waals surface area contributed by atoms with E-state index in [0.717, 1.165) is 0 Å². The van der Waals surface area contributed by atoms with Crippen LogP contribution in [0.2, 0.25) is 0 Å². The number of sulfonamides is 1. The molecule has 108 valence electrons. The van der Waals surface area contributed by atoms with Gasteiger partial charge in [-0.15, -0.1) is 12.4 Å². The van der Waals surface area contributed by atoms with E-state index in [-0.39, 0.29) is 24.2 Å². The van der Waals surface area contributed by atoms with Gasteiger partial charge in [0.2, 0.25) is 10.0 Å². The van der Waals surface area contributed by atoms with Crippen molar-refractivity contribution in [1.82, 2.24) is 9.62 Å². The molecule has 1 fully saturated rings. The van der Waals surface area contributed by atoms with Gasteiger partial charge >= 0.3 is 0 Å². The first-order chi connectivity index (χ1) is 8.47. The molecule has 19 heavy (non-hydrogen) atoms. The topological polar surface area (TPSA) is 49.4 Å². The van der Waals surface area contributed by atoms with E-state index in [1.807, 2.05) is 6.92 Å². The minimum absolute atomic E-state index is 0. The van der Waals surface area contributed by atoms with Crippen molar-refractivity contribution in [1.29, 1.82) is 0 Å². The zero-order valence-electron chi connectivity index (χ0n) is 10.7. The molecule has 0 radical (unpaired) electrons. The highest BCUT2D eigenvalue weighted by Crippen LogP contribution is 2.13. The number of hydrogen-bond donors (Lipinski definition) is 1. The number of rotatable bonds is 3. The normalized spacial score (nSPS) is 20.8. The monoisotopic (exact) mass is 308 g/mol. The standard InChI is InChI=1S/C12H17FN2O2S.ClH/c1-10-8-15(6-5-14-10)18(16,17)9-11-3-2-4-12(13)7-11;/h2-4,7,10,14H,5-6,8-9H2,1H3;1H. The molecule has 1 aliphatic rings. The smallest absolute Gasteiger partial charge is 0.218 e. The van der Waals surface area contributed by atoms with Crippen molar-refractivity contribution in [3.63, 3.8) is 0 Å². The number of nitrogens with zero attached hydrogens (tertiary/aromatic N) is 1. The maximum atomic E-state index is 13.0. The molecule has 0 spiro atoms. The fraction of sp³-hybridized carbons (Fsp3) is 0.500. The lowest BCUT2D eigenvalue weighted by Gasteiger charge is -2.31. The van der Waals surface area contributed by atoms with Gasteiger partial charge in [-0.05, 0) is 24.6 Å². The highest BCUT2D eigenvalue weighted by molar-refractivity contribution is 7.88. The fourth-order valence-corrected chi connectivity index (χ4v) is 3.68. The second-order valence-electron chi connectivity index (χ2n) is 4.60. The van der Waals surface area contributed by atoms with Crippen LogP contribution in [0.1, 0.15) is 12.5 Å². The van der Waals surface area contributed by atoms with Crippen molar-refractivity contribution in [3.8, 4) is 0 Å². The Bertz CT molecular complexity index is 524. The maximum absolute atomic E-state index is 13.0. The minimum Gasteiger partial charge on any atom is -0.312 e. The summed E-state index contributed by atoms with van der Waals surface area (Å²) in [6.07, 6.45) is 0. The first-order valence-electron chi connectivity index (χ1n) is 5.93. The molecule has 0 saturated carbocycles. The second kappa shape index (κ2) is 6.65. The Kier molecular flexibility index (Phi) is 5.73. The van der Waals surface area contributed by atoms with Gasteiger partial charge < -0.3 is 5.32 Å². The third-order valence-electron chi connectivity index (χ3n) is 2.96. The van der Waals surface area contributed by atoms with Crippen LogP contribution in [0, 0.1) is 5.82 Å². The number of benzene rings is 1. The van der Waals surface area contributed by atoms with Crippen LogP contribution < -0.4 is 5.32 Å². The molecule has 1 aromatic carbocycles. The minimum atomic E-state index is -3.36. The zero-order valence-corrected chi connectivity index (χ0v) is 12.3. The summed E-state index contributed by atoms with van der Waals surface area (Å²) < 4.78 is 38.9. The van der Waals surface area contributed by atoms with E-state index in [0.29, 0.717) is 25.2 Å². The van der Waals surface area contributed by atoms with E-state index < -0.39 is 15.8 Å². The average molecular weight is 309 g/mol. The van der Waals surface area contributed by atoms with Crippen LogP contribution in [0.25, 0.3) is 0 Å². The average Bonchev–Trinajstić information content (AvgIpc) is 2.28. The van der Waals surface area contributed by atoms with E-state index >= 15 is 0 Å². The Balaban J connectivity index is 0.00000180. The molecular weight excluding hydrogens is 291 g/mol. The van der Waals surface area contributed by atoms with Gasteiger partial charge in [0, 0.05) is 25.7 Å².